The van der Waals surface area contributed by atoms with Crippen LogP contribution in [0.15, 0.2) is 0 Å². The molecule has 2 saturated heterocycles. The smallest absolute Gasteiger partial charge is 0.0233 e. The van der Waals surface area contributed by atoms with Crippen LogP contribution in [0.2, 0.25) is 0 Å². The van der Waals surface area contributed by atoms with Crippen LogP contribution in [-0.2, 0) is 0 Å². The summed E-state index contributed by atoms with van der Waals surface area (Å²) in [7, 11) is 2.22. The van der Waals surface area contributed by atoms with E-state index in [1.807, 2.05) is 0 Å². The Kier molecular flexibility index (Phi) is 2.86. The highest BCUT2D eigenvalue weighted by Crippen LogP contribution is 2.25. The van der Waals surface area contributed by atoms with Gasteiger partial charge in [-0.2, -0.15) is 0 Å². The zero-order valence-electron chi connectivity index (χ0n) is 8.58. The van der Waals surface area contributed by atoms with E-state index in [9.17, 15) is 0 Å². The van der Waals surface area contributed by atoms with Gasteiger partial charge < -0.3 is 10.6 Å². The first-order chi connectivity index (χ1) is 6.31. The Hall–Kier alpha value is -0.120. The summed E-state index contributed by atoms with van der Waals surface area (Å²) < 4.78 is 0. The second-order valence-corrected chi connectivity index (χ2v) is 4.45. The third kappa shape index (κ3) is 1.87. The van der Waals surface area contributed by atoms with Crippen molar-refractivity contribution in [2.45, 2.75) is 31.3 Å². The molecule has 2 rings (SSSR count). The normalized spacial score (nSPS) is 33.2. The number of nitrogens with two attached hydrogens (primary N) is 1. The minimum absolute atomic E-state index is 0.702. The van der Waals surface area contributed by atoms with Crippen LogP contribution in [0.3, 0.4) is 0 Å². The maximum absolute atomic E-state index is 5.71. The summed E-state index contributed by atoms with van der Waals surface area (Å²) >= 11 is 0. The number of hydrogen-bond donors (Lipinski definition) is 1. The van der Waals surface area contributed by atoms with Gasteiger partial charge in [0.05, 0.1) is 0 Å². The third-order valence-electron chi connectivity index (χ3n) is 3.62. The molecule has 1 unspecified atom stereocenters. The molecule has 0 amide bonds. The first-order valence-electron chi connectivity index (χ1n) is 5.45. The standard InChI is InChI=1S/C10H21N3/c1-12-5-2-9(3-6-12)13-7-4-10(13)8-11/h9-10H,2-8,11H2,1H3. The van der Waals surface area contributed by atoms with E-state index in [-0.39, 0.29) is 0 Å². The molecule has 2 aliphatic rings. The quantitative estimate of drug-likeness (QED) is 0.660. The SMILES string of the molecule is CN1CCC(N2CCC2CN)CC1. The summed E-state index contributed by atoms with van der Waals surface area (Å²) in [5.41, 5.74) is 5.71. The molecule has 0 aromatic carbocycles. The maximum Gasteiger partial charge on any atom is 0.0233 e. The predicted molar refractivity (Wildman–Crippen MR) is 54.7 cm³/mol. The molecular formula is C10H21N3. The lowest BCUT2D eigenvalue weighted by Gasteiger charge is -2.48. The van der Waals surface area contributed by atoms with Gasteiger partial charge in [-0.15, -0.1) is 0 Å². The van der Waals surface area contributed by atoms with E-state index in [0.717, 1.165) is 12.6 Å². The zero-order valence-corrected chi connectivity index (χ0v) is 8.58. The summed E-state index contributed by atoms with van der Waals surface area (Å²) in [6.07, 6.45) is 4.00. The minimum atomic E-state index is 0.702. The van der Waals surface area contributed by atoms with E-state index < -0.39 is 0 Å². The average Bonchev–Trinajstić information content (AvgIpc) is 2.08. The lowest BCUT2D eigenvalue weighted by atomic mass is 9.94. The van der Waals surface area contributed by atoms with Crippen molar-refractivity contribution in [3.8, 4) is 0 Å². The van der Waals surface area contributed by atoms with Gasteiger partial charge >= 0.3 is 0 Å². The fourth-order valence-corrected chi connectivity index (χ4v) is 2.52. The van der Waals surface area contributed by atoms with Crippen LogP contribution in [0, 0.1) is 0 Å². The molecule has 0 bridgehead atoms. The molecule has 0 saturated carbocycles. The van der Waals surface area contributed by atoms with Crippen molar-refractivity contribution in [1.29, 1.82) is 0 Å². The van der Waals surface area contributed by atoms with Crippen molar-refractivity contribution in [2.75, 3.05) is 33.2 Å². The van der Waals surface area contributed by atoms with E-state index in [4.69, 9.17) is 5.73 Å². The highest BCUT2D eigenvalue weighted by atomic mass is 15.3. The van der Waals surface area contributed by atoms with E-state index in [2.05, 4.69) is 16.8 Å². The fraction of sp³-hybridized carbons (Fsp3) is 1.00. The fourth-order valence-electron chi connectivity index (χ4n) is 2.52. The Morgan fingerprint density at radius 2 is 1.85 bits per heavy atom. The molecule has 2 N–H and O–H groups in total. The minimum Gasteiger partial charge on any atom is -0.329 e. The van der Waals surface area contributed by atoms with Crippen molar-refractivity contribution in [2.24, 2.45) is 5.73 Å². The van der Waals surface area contributed by atoms with E-state index >= 15 is 0 Å². The van der Waals surface area contributed by atoms with Gasteiger partial charge in [-0.3, -0.25) is 4.90 Å². The van der Waals surface area contributed by atoms with Crippen LogP contribution in [0.25, 0.3) is 0 Å². The molecule has 0 aromatic heterocycles. The lowest BCUT2D eigenvalue weighted by molar-refractivity contribution is 0.0172. The van der Waals surface area contributed by atoms with Crippen LogP contribution in [0.1, 0.15) is 19.3 Å². The van der Waals surface area contributed by atoms with Crippen LogP contribution in [0.4, 0.5) is 0 Å². The van der Waals surface area contributed by atoms with Crippen LogP contribution in [0.5, 0.6) is 0 Å². The summed E-state index contributed by atoms with van der Waals surface area (Å²) in [4.78, 5) is 5.04. The number of piperidine rings is 1. The number of likely N-dealkylation sites (tertiary alicyclic amines) is 2. The number of hydrogen-bond acceptors (Lipinski definition) is 3. The Labute approximate surface area is 80.9 Å². The van der Waals surface area contributed by atoms with Gasteiger partial charge in [0.15, 0.2) is 0 Å². The predicted octanol–water partition coefficient (Wildman–Crippen LogP) is 0.114. The molecular weight excluding hydrogens is 162 g/mol. The summed E-state index contributed by atoms with van der Waals surface area (Å²) in [6.45, 7) is 4.67. The first-order valence-corrected chi connectivity index (χ1v) is 5.45. The third-order valence-corrected chi connectivity index (χ3v) is 3.62. The molecule has 3 nitrogen and oxygen atoms in total. The van der Waals surface area contributed by atoms with E-state index in [1.54, 1.807) is 0 Å². The van der Waals surface area contributed by atoms with Gasteiger partial charge in [0.1, 0.15) is 0 Å². The largest absolute Gasteiger partial charge is 0.329 e. The van der Waals surface area contributed by atoms with Crippen molar-refractivity contribution < 1.29 is 0 Å². The van der Waals surface area contributed by atoms with Crippen LogP contribution in [-0.4, -0.2) is 55.1 Å². The molecule has 13 heavy (non-hydrogen) atoms. The summed E-state index contributed by atoms with van der Waals surface area (Å²) in [5.74, 6) is 0. The van der Waals surface area contributed by atoms with Crippen molar-refractivity contribution in [1.82, 2.24) is 9.80 Å². The maximum atomic E-state index is 5.71. The number of rotatable bonds is 2. The van der Waals surface area contributed by atoms with Crippen molar-refractivity contribution in [3.63, 3.8) is 0 Å². The molecule has 2 heterocycles. The Bertz CT molecular complexity index is 162. The highest BCUT2D eigenvalue weighted by Gasteiger charge is 2.33. The number of nitrogens with zero attached hydrogens (tertiary/aromatic N) is 2. The lowest BCUT2D eigenvalue weighted by Crippen LogP contribution is -2.58. The zero-order chi connectivity index (χ0) is 9.26. The van der Waals surface area contributed by atoms with Gasteiger partial charge in [-0.25, -0.2) is 0 Å². The molecule has 2 aliphatic heterocycles. The second kappa shape index (κ2) is 3.95. The van der Waals surface area contributed by atoms with Gasteiger partial charge in [0.2, 0.25) is 0 Å². The molecule has 2 fully saturated rings. The molecule has 0 spiro atoms. The molecule has 0 aromatic rings. The van der Waals surface area contributed by atoms with Gasteiger partial charge in [-0.05, 0) is 39.4 Å². The molecule has 0 aliphatic carbocycles. The second-order valence-electron chi connectivity index (χ2n) is 4.45. The van der Waals surface area contributed by atoms with Crippen molar-refractivity contribution >= 4 is 0 Å². The monoisotopic (exact) mass is 183 g/mol. The van der Waals surface area contributed by atoms with Crippen LogP contribution >= 0.6 is 0 Å². The van der Waals surface area contributed by atoms with E-state index in [0.29, 0.717) is 6.04 Å². The van der Waals surface area contributed by atoms with Crippen molar-refractivity contribution in [3.05, 3.63) is 0 Å². The van der Waals surface area contributed by atoms with Gasteiger partial charge in [0, 0.05) is 25.2 Å². The molecule has 3 heteroatoms. The summed E-state index contributed by atoms with van der Waals surface area (Å²) in [5, 5.41) is 0. The first kappa shape index (κ1) is 9.44. The molecule has 76 valence electrons. The average molecular weight is 183 g/mol. The van der Waals surface area contributed by atoms with Gasteiger partial charge in [0.25, 0.3) is 0 Å². The van der Waals surface area contributed by atoms with E-state index in [1.165, 1.54) is 38.9 Å². The highest BCUT2D eigenvalue weighted by molar-refractivity contribution is 4.90. The summed E-state index contributed by atoms with van der Waals surface area (Å²) in [6, 6.07) is 1.53. The molecule has 0 radical (unpaired) electrons. The molecule has 1 atom stereocenters. The topological polar surface area (TPSA) is 32.5 Å². The van der Waals surface area contributed by atoms with Crippen LogP contribution < -0.4 is 5.73 Å². The Morgan fingerprint density at radius 1 is 1.15 bits per heavy atom. The van der Waals surface area contributed by atoms with Gasteiger partial charge in [-0.1, -0.05) is 0 Å². The Balaban J connectivity index is 1.81. The Morgan fingerprint density at radius 3 is 2.31 bits per heavy atom.